The Morgan fingerprint density at radius 2 is 0.895 bits per heavy atom. The van der Waals surface area contributed by atoms with Crippen LogP contribution in [0.1, 0.15) is 52.7 Å². The Kier molecular flexibility index (Phi) is 9.17. The average Bonchev–Trinajstić information content (AvgIpc) is 2.97. The van der Waals surface area contributed by atoms with Gasteiger partial charge >= 0.3 is 0 Å². The van der Waals surface area contributed by atoms with Crippen molar-refractivity contribution < 1.29 is 4.58 Å². The summed E-state index contributed by atoms with van der Waals surface area (Å²) in [7, 11) is 0. The summed E-state index contributed by atoms with van der Waals surface area (Å²) in [4.78, 5) is 4.78. The summed E-state index contributed by atoms with van der Waals surface area (Å²) in [5, 5.41) is 0. The van der Waals surface area contributed by atoms with E-state index in [1.807, 2.05) is 0 Å². The van der Waals surface area contributed by atoms with Gasteiger partial charge in [0.15, 0.2) is 0 Å². The molecule has 4 rings (SSSR count). The van der Waals surface area contributed by atoms with Crippen molar-refractivity contribution in [3.05, 3.63) is 96.1 Å². The first kappa shape index (κ1) is 27.4. The van der Waals surface area contributed by atoms with Crippen LogP contribution in [-0.2, 0) is 0 Å². The van der Waals surface area contributed by atoms with E-state index in [-0.39, 0.29) is 0 Å². The monoisotopic (exact) mass is 508 g/mol. The molecule has 0 saturated carbocycles. The number of rotatable bonds is 10. The minimum Gasteiger partial charge on any atom is -0.372 e. The molecule has 0 fully saturated rings. The second-order valence-electron chi connectivity index (χ2n) is 9.53. The third-order valence-corrected chi connectivity index (χ3v) is 7.70. The smallest absolute Gasteiger partial charge is 0.220 e. The van der Waals surface area contributed by atoms with Gasteiger partial charge in [-0.1, -0.05) is 12.1 Å². The fraction of sp³-hybridized carbons (Fsp3) is 0.353. The van der Waals surface area contributed by atoms with Crippen molar-refractivity contribution in [3.8, 4) is 0 Å². The highest BCUT2D eigenvalue weighted by Crippen LogP contribution is 2.29. The first-order chi connectivity index (χ1) is 18.6. The topological polar surface area (TPSA) is 12.5 Å². The standard InChI is InChI=1S/C34H44N4/c1-7-35(8-2)27-17-21-29(22-18-27)38(30-23-19-28(20-24-30)36(9-3)10-4)34-26-25-33(37(11-5)12-6)31-15-13-14-16-32(31)34/h13-26H,7-12H2,1-6H3/q+2. The van der Waals surface area contributed by atoms with Gasteiger partial charge in [0.2, 0.25) is 22.8 Å². The Morgan fingerprint density at radius 3 is 1.29 bits per heavy atom. The Bertz CT molecular complexity index is 1240. The van der Waals surface area contributed by atoms with Crippen molar-refractivity contribution in [2.24, 2.45) is 0 Å². The van der Waals surface area contributed by atoms with Gasteiger partial charge in [-0.25, -0.2) is 4.58 Å². The normalized spacial score (nSPS) is 12.4. The molecule has 3 aromatic carbocycles. The van der Waals surface area contributed by atoms with E-state index in [1.165, 1.54) is 33.9 Å². The molecular weight excluding hydrogens is 464 g/mol. The first-order valence-corrected chi connectivity index (χ1v) is 14.4. The van der Waals surface area contributed by atoms with E-state index < -0.39 is 0 Å². The van der Waals surface area contributed by atoms with Gasteiger partial charge in [-0.2, -0.15) is 4.58 Å². The zero-order valence-corrected chi connectivity index (χ0v) is 24.1. The van der Waals surface area contributed by atoms with E-state index in [9.17, 15) is 0 Å². The molecule has 3 aromatic rings. The zero-order chi connectivity index (χ0) is 27.1. The van der Waals surface area contributed by atoms with Crippen LogP contribution in [0.3, 0.4) is 0 Å². The maximum absolute atomic E-state index is 2.44. The molecule has 198 valence electrons. The maximum atomic E-state index is 2.44. The van der Waals surface area contributed by atoms with Crippen LogP contribution in [0.5, 0.6) is 0 Å². The maximum Gasteiger partial charge on any atom is 0.220 e. The van der Waals surface area contributed by atoms with Crippen molar-refractivity contribution in [1.82, 2.24) is 4.58 Å². The highest BCUT2D eigenvalue weighted by Gasteiger charge is 2.30. The molecule has 0 N–H and O–H groups in total. The Balaban J connectivity index is 1.94. The summed E-state index contributed by atoms with van der Waals surface area (Å²) >= 11 is 0. The molecule has 0 unspecified atom stereocenters. The lowest BCUT2D eigenvalue weighted by Gasteiger charge is -2.21. The summed E-state index contributed by atoms with van der Waals surface area (Å²) in [6.07, 6.45) is 4.60. The van der Waals surface area contributed by atoms with E-state index in [2.05, 4.69) is 145 Å². The van der Waals surface area contributed by atoms with Crippen molar-refractivity contribution in [1.29, 1.82) is 0 Å². The van der Waals surface area contributed by atoms with Crippen molar-refractivity contribution in [3.63, 3.8) is 0 Å². The molecule has 38 heavy (non-hydrogen) atoms. The molecule has 1 aliphatic rings. The quantitative estimate of drug-likeness (QED) is 0.271. The van der Waals surface area contributed by atoms with Gasteiger partial charge in [-0.15, -0.1) is 0 Å². The molecule has 0 aromatic heterocycles. The third kappa shape index (κ3) is 5.45. The SMILES string of the molecule is CCN(CC)c1ccc([N+](=C2C=CC(=[N+](CC)CC)c3ccccc32)c2ccc(N(CC)CC)cc2)cc1. The van der Waals surface area contributed by atoms with Gasteiger partial charge in [-0.3, -0.25) is 0 Å². The number of hydrogen-bond acceptors (Lipinski definition) is 2. The molecule has 0 saturated heterocycles. The van der Waals surface area contributed by atoms with Gasteiger partial charge < -0.3 is 9.80 Å². The van der Waals surface area contributed by atoms with E-state index >= 15 is 0 Å². The third-order valence-electron chi connectivity index (χ3n) is 7.70. The molecule has 4 nitrogen and oxygen atoms in total. The molecular formula is C34H44N4+2. The van der Waals surface area contributed by atoms with Gasteiger partial charge in [-0.05, 0) is 77.9 Å². The van der Waals surface area contributed by atoms with Crippen LogP contribution < -0.4 is 14.4 Å². The van der Waals surface area contributed by atoms with Crippen molar-refractivity contribution in [2.75, 3.05) is 49.1 Å². The molecule has 0 atom stereocenters. The van der Waals surface area contributed by atoms with E-state index in [0.717, 1.165) is 50.6 Å². The molecule has 0 amide bonds. The minimum atomic E-state index is 0.989. The predicted octanol–water partition coefficient (Wildman–Crippen LogP) is 7.11. The van der Waals surface area contributed by atoms with Crippen LogP contribution in [0.25, 0.3) is 0 Å². The van der Waals surface area contributed by atoms with Crippen molar-refractivity contribution >= 4 is 34.2 Å². The summed E-state index contributed by atoms with van der Waals surface area (Å²) in [5.41, 5.74) is 9.89. The van der Waals surface area contributed by atoms with Gasteiger partial charge in [0.05, 0.1) is 11.1 Å². The summed E-state index contributed by atoms with van der Waals surface area (Å²) in [6.45, 7) is 19.3. The van der Waals surface area contributed by atoms with Gasteiger partial charge in [0.25, 0.3) is 0 Å². The Morgan fingerprint density at radius 1 is 0.500 bits per heavy atom. The molecule has 0 bridgehead atoms. The second kappa shape index (κ2) is 12.7. The molecule has 0 spiro atoms. The fourth-order valence-electron chi connectivity index (χ4n) is 5.53. The van der Waals surface area contributed by atoms with Crippen LogP contribution >= 0.6 is 0 Å². The lowest BCUT2D eigenvalue weighted by Crippen LogP contribution is -2.28. The fourth-order valence-corrected chi connectivity index (χ4v) is 5.53. The number of anilines is 2. The van der Waals surface area contributed by atoms with Crippen LogP contribution in [0, 0.1) is 0 Å². The van der Waals surface area contributed by atoms with Gasteiger partial charge in [0, 0.05) is 74.0 Å². The molecule has 0 heterocycles. The number of allylic oxidation sites excluding steroid dienone is 2. The van der Waals surface area contributed by atoms with E-state index in [1.54, 1.807) is 0 Å². The molecule has 4 heteroatoms. The van der Waals surface area contributed by atoms with E-state index in [4.69, 9.17) is 0 Å². The lowest BCUT2D eigenvalue weighted by molar-refractivity contribution is -0.519. The van der Waals surface area contributed by atoms with E-state index in [0.29, 0.717) is 0 Å². The van der Waals surface area contributed by atoms with Crippen LogP contribution in [-0.4, -0.2) is 55.3 Å². The minimum absolute atomic E-state index is 0.989. The second-order valence-corrected chi connectivity index (χ2v) is 9.53. The van der Waals surface area contributed by atoms with Crippen LogP contribution in [0.2, 0.25) is 0 Å². The Labute approximate surface area is 229 Å². The lowest BCUT2D eigenvalue weighted by atomic mass is 9.92. The summed E-state index contributed by atoms with van der Waals surface area (Å²) < 4.78 is 4.85. The van der Waals surface area contributed by atoms with Crippen LogP contribution in [0.4, 0.5) is 22.7 Å². The number of fused-ring (bicyclic) bond motifs is 1. The van der Waals surface area contributed by atoms with Crippen LogP contribution in [0.15, 0.2) is 84.9 Å². The first-order valence-electron chi connectivity index (χ1n) is 14.4. The number of benzene rings is 3. The largest absolute Gasteiger partial charge is 0.372 e. The number of hydrogen-bond donors (Lipinski definition) is 0. The molecule has 0 radical (unpaired) electrons. The van der Waals surface area contributed by atoms with Gasteiger partial charge in [0.1, 0.15) is 13.1 Å². The summed E-state index contributed by atoms with van der Waals surface area (Å²) in [6, 6.07) is 26.9. The predicted molar refractivity (Wildman–Crippen MR) is 167 cm³/mol. The average molecular weight is 509 g/mol. The highest BCUT2D eigenvalue weighted by molar-refractivity contribution is 6.25. The van der Waals surface area contributed by atoms with Crippen molar-refractivity contribution in [2.45, 2.75) is 41.5 Å². The Hall–Kier alpha value is -3.66. The zero-order valence-electron chi connectivity index (χ0n) is 24.1. The molecule has 0 aliphatic heterocycles. The highest BCUT2D eigenvalue weighted by atomic mass is 15.1. The molecule has 1 aliphatic carbocycles. The number of nitrogens with zero attached hydrogens (tertiary/aromatic N) is 4. The summed E-state index contributed by atoms with van der Waals surface area (Å²) in [5.74, 6) is 0.